The highest BCUT2D eigenvalue weighted by atomic mass is 79.9. The van der Waals surface area contributed by atoms with Crippen LogP contribution in [-0.2, 0) is 4.32 Å². The van der Waals surface area contributed by atoms with Gasteiger partial charge in [0.25, 0.3) is 0 Å². The third-order valence-electron chi connectivity index (χ3n) is 3.50. The van der Waals surface area contributed by atoms with Crippen LogP contribution in [0.2, 0.25) is 0 Å². The Hall–Kier alpha value is -1.60. The number of hydrogen-bond acceptors (Lipinski definition) is 0. The molecule has 19 heavy (non-hydrogen) atoms. The third kappa shape index (κ3) is 2.57. The monoisotopic (exact) mass is 310 g/mol. The maximum absolute atomic E-state index is 3.91. The zero-order valence-corrected chi connectivity index (χ0v) is 12.2. The van der Waals surface area contributed by atoms with Gasteiger partial charge in [0.1, 0.15) is 0 Å². The van der Waals surface area contributed by atoms with E-state index in [-0.39, 0.29) is 4.32 Å². The van der Waals surface area contributed by atoms with Crippen molar-refractivity contribution < 1.29 is 0 Å². The molecule has 0 aliphatic heterocycles. The van der Waals surface area contributed by atoms with Gasteiger partial charge in [-0.25, -0.2) is 0 Å². The van der Waals surface area contributed by atoms with E-state index in [1.54, 1.807) is 0 Å². The maximum atomic E-state index is 3.91. The van der Waals surface area contributed by atoms with Crippen LogP contribution in [0.5, 0.6) is 0 Å². The van der Waals surface area contributed by atoms with Gasteiger partial charge in [-0.2, -0.15) is 0 Å². The van der Waals surface area contributed by atoms with Crippen LogP contribution in [0.1, 0.15) is 17.5 Å². The maximum Gasteiger partial charge on any atom is 0.0729 e. The average Bonchev–Trinajstić information content (AvgIpc) is 2.49. The summed E-state index contributed by atoms with van der Waals surface area (Å²) in [7, 11) is 0. The predicted molar refractivity (Wildman–Crippen MR) is 85.2 cm³/mol. The molecule has 1 unspecified atom stereocenters. The summed E-state index contributed by atoms with van der Waals surface area (Å²) in [6, 6.07) is 21.2. The molecule has 1 atom stereocenters. The van der Waals surface area contributed by atoms with Crippen LogP contribution < -0.4 is 0 Å². The summed E-state index contributed by atoms with van der Waals surface area (Å²) < 4.78 is -0.0891. The van der Waals surface area contributed by atoms with Crippen molar-refractivity contribution in [1.82, 2.24) is 0 Å². The fraction of sp³-hybridized carbons (Fsp3) is 0.111. The van der Waals surface area contributed by atoms with Gasteiger partial charge < -0.3 is 0 Å². The van der Waals surface area contributed by atoms with Crippen molar-refractivity contribution in [1.29, 1.82) is 0 Å². The van der Waals surface area contributed by atoms with Gasteiger partial charge in [-0.1, -0.05) is 94.8 Å². The molecule has 94 valence electrons. The third-order valence-corrected chi connectivity index (χ3v) is 4.51. The van der Waals surface area contributed by atoms with Gasteiger partial charge in [0.05, 0.1) is 4.32 Å². The Morgan fingerprint density at radius 3 is 2.16 bits per heavy atom. The molecule has 0 spiro atoms. The lowest BCUT2D eigenvalue weighted by Gasteiger charge is -2.28. The Morgan fingerprint density at radius 1 is 0.842 bits per heavy atom. The number of allylic oxidation sites excluding steroid dienone is 4. The SMILES string of the molecule is BrC1(c2ccccc2)C=CC=C(c2ccccc2)C1. The Kier molecular flexibility index (Phi) is 3.39. The zero-order valence-electron chi connectivity index (χ0n) is 10.6. The van der Waals surface area contributed by atoms with E-state index < -0.39 is 0 Å². The minimum absolute atomic E-state index is 0.0891. The molecule has 0 fully saturated rings. The predicted octanol–water partition coefficient (Wildman–Crippen LogP) is 5.32. The molecule has 1 aliphatic carbocycles. The lowest BCUT2D eigenvalue weighted by atomic mass is 9.85. The van der Waals surface area contributed by atoms with Crippen LogP contribution in [0.4, 0.5) is 0 Å². The molecule has 2 aromatic rings. The Labute approximate surface area is 122 Å². The summed E-state index contributed by atoms with van der Waals surface area (Å²) in [5, 5.41) is 0. The quantitative estimate of drug-likeness (QED) is 0.658. The van der Waals surface area contributed by atoms with E-state index in [9.17, 15) is 0 Å². The van der Waals surface area contributed by atoms with Crippen molar-refractivity contribution in [3.63, 3.8) is 0 Å². The van der Waals surface area contributed by atoms with Crippen molar-refractivity contribution in [2.75, 3.05) is 0 Å². The van der Waals surface area contributed by atoms with Gasteiger partial charge in [-0.05, 0) is 23.1 Å². The summed E-state index contributed by atoms with van der Waals surface area (Å²) in [5.41, 5.74) is 3.96. The van der Waals surface area contributed by atoms with Crippen LogP contribution >= 0.6 is 15.9 Å². The Balaban J connectivity index is 1.94. The second-order valence-electron chi connectivity index (χ2n) is 4.82. The molecule has 0 radical (unpaired) electrons. The molecule has 3 rings (SSSR count). The van der Waals surface area contributed by atoms with Crippen LogP contribution in [0.15, 0.2) is 78.9 Å². The topological polar surface area (TPSA) is 0 Å². The van der Waals surface area contributed by atoms with E-state index in [0.29, 0.717) is 0 Å². The number of benzene rings is 2. The molecule has 0 saturated heterocycles. The standard InChI is InChI=1S/C18H15Br/c19-18(17-11-5-2-6-12-17)13-7-10-16(14-18)15-8-3-1-4-9-15/h1-13H,14H2. The van der Waals surface area contributed by atoms with E-state index in [1.807, 2.05) is 0 Å². The van der Waals surface area contributed by atoms with Crippen LogP contribution in [0, 0.1) is 0 Å². The highest BCUT2D eigenvalue weighted by molar-refractivity contribution is 9.09. The largest absolute Gasteiger partial charge is 0.0752 e. The molecule has 0 bridgehead atoms. The molecule has 0 N–H and O–H groups in total. The molecule has 0 aromatic heterocycles. The molecule has 0 saturated carbocycles. The lowest BCUT2D eigenvalue weighted by molar-refractivity contribution is 0.810. The van der Waals surface area contributed by atoms with E-state index >= 15 is 0 Å². The summed E-state index contributed by atoms with van der Waals surface area (Å²) >= 11 is 3.91. The van der Waals surface area contributed by atoms with Crippen molar-refractivity contribution in [3.8, 4) is 0 Å². The van der Waals surface area contributed by atoms with E-state index in [4.69, 9.17) is 0 Å². The minimum Gasteiger partial charge on any atom is -0.0752 e. The van der Waals surface area contributed by atoms with E-state index in [1.165, 1.54) is 16.7 Å². The lowest BCUT2D eigenvalue weighted by Crippen LogP contribution is -2.17. The first-order chi connectivity index (χ1) is 9.28. The molecular weight excluding hydrogens is 296 g/mol. The van der Waals surface area contributed by atoms with Crippen molar-refractivity contribution in [3.05, 3.63) is 90.0 Å². The van der Waals surface area contributed by atoms with Gasteiger partial charge in [-0.3, -0.25) is 0 Å². The Morgan fingerprint density at radius 2 is 1.47 bits per heavy atom. The first-order valence-corrected chi connectivity index (χ1v) is 7.25. The normalized spacial score (nSPS) is 22.1. The molecule has 0 nitrogen and oxygen atoms in total. The second-order valence-corrected chi connectivity index (χ2v) is 6.24. The number of rotatable bonds is 2. The highest BCUT2D eigenvalue weighted by Crippen LogP contribution is 2.43. The summed E-state index contributed by atoms with van der Waals surface area (Å²) in [5.74, 6) is 0. The summed E-state index contributed by atoms with van der Waals surface area (Å²) in [6.07, 6.45) is 7.55. The molecule has 2 aromatic carbocycles. The van der Waals surface area contributed by atoms with E-state index in [2.05, 4.69) is 94.8 Å². The number of hydrogen-bond donors (Lipinski definition) is 0. The molecule has 0 amide bonds. The van der Waals surface area contributed by atoms with Crippen molar-refractivity contribution in [2.45, 2.75) is 10.7 Å². The highest BCUT2D eigenvalue weighted by Gasteiger charge is 2.29. The van der Waals surface area contributed by atoms with Gasteiger partial charge in [-0.15, -0.1) is 0 Å². The van der Waals surface area contributed by atoms with Crippen LogP contribution in [0.3, 0.4) is 0 Å². The molecule has 1 heteroatoms. The average molecular weight is 311 g/mol. The second kappa shape index (κ2) is 5.18. The Bertz CT molecular complexity index is 611. The van der Waals surface area contributed by atoms with Gasteiger partial charge in [0.15, 0.2) is 0 Å². The van der Waals surface area contributed by atoms with Crippen molar-refractivity contribution >= 4 is 21.5 Å². The minimum atomic E-state index is -0.0891. The van der Waals surface area contributed by atoms with Gasteiger partial charge in [0.2, 0.25) is 0 Å². The number of alkyl halides is 1. The molecular formula is C18H15Br. The first-order valence-electron chi connectivity index (χ1n) is 6.46. The van der Waals surface area contributed by atoms with E-state index in [0.717, 1.165) is 6.42 Å². The first kappa shape index (κ1) is 12.4. The van der Waals surface area contributed by atoms with Gasteiger partial charge in [0, 0.05) is 0 Å². The van der Waals surface area contributed by atoms with Crippen LogP contribution in [-0.4, -0.2) is 0 Å². The zero-order chi connectivity index (χ0) is 13.1. The summed E-state index contributed by atoms with van der Waals surface area (Å²) in [4.78, 5) is 0. The fourth-order valence-electron chi connectivity index (χ4n) is 2.48. The van der Waals surface area contributed by atoms with Crippen LogP contribution in [0.25, 0.3) is 5.57 Å². The van der Waals surface area contributed by atoms with Gasteiger partial charge >= 0.3 is 0 Å². The fourth-order valence-corrected chi connectivity index (χ4v) is 3.19. The van der Waals surface area contributed by atoms with Crippen molar-refractivity contribution in [2.24, 2.45) is 0 Å². The summed E-state index contributed by atoms with van der Waals surface area (Å²) in [6.45, 7) is 0. The smallest absolute Gasteiger partial charge is 0.0729 e. The number of halogens is 1. The molecule has 0 heterocycles. The molecule has 1 aliphatic rings.